The Morgan fingerprint density at radius 1 is 1.36 bits per heavy atom. The standard InChI is InChI=1S/C16H23N3O3/c1-11(15(21)18(2)3)17-16(22)19(13-7-8-13)10-12-5-4-6-14(20)9-12/h4-6,9,11,13,20H,7-8,10H2,1-3H3,(H,17,22). The Morgan fingerprint density at radius 3 is 2.59 bits per heavy atom. The molecule has 6 nitrogen and oxygen atoms in total. The summed E-state index contributed by atoms with van der Waals surface area (Å²) in [6.07, 6.45) is 1.95. The molecule has 1 fully saturated rings. The fourth-order valence-electron chi connectivity index (χ4n) is 2.32. The van der Waals surface area contributed by atoms with Crippen LogP contribution in [0, 0.1) is 0 Å². The maximum atomic E-state index is 12.4. The third kappa shape index (κ3) is 4.13. The second-order valence-corrected chi connectivity index (χ2v) is 5.93. The molecular formula is C16H23N3O3. The largest absolute Gasteiger partial charge is 0.508 e. The van der Waals surface area contributed by atoms with Gasteiger partial charge in [0.2, 0.25) is 5.91 Å². The zero-order valence-corrected chi connectivity index (χ0v) is 13.2. The molecule has 2 N–H and O–H groups in total. The summed E-state index contributed by atoms with van der Waals surface area (Å²) in [5.41, 5.74) is 0.869. The normalized spacial score (nSPS) is 15.0. The third-order valence-electron chi connectivity index (χ3n) is 3.66. The number of phenols is 1. The van der Waals surface area contributed by atoms with E-state index in [-0.39, 0.29) is 23.7 Å². The Labute approximate surface area is 130 Å². The first kappa shape index (κ1) is 16.1. The summed E-state index contributed by atoms with van der Waals surface area (Å²) in [7, 11) is 3.33. The number of phenolic OH excluding ortho intramolecular Hbond substituents is 1. The van der Waals surface area contributed by atoms with Crippen molar-refractivity contribution in [1.29, 1.82) is 0 Å². The lowest BCUT2D eigenvalue weighted by molar-refractivity contribution is -0.130. The fourth-order valence-corrected chi connectivity index (χ4v) is 2.32. The molecule has 0 spiro atoms. The number of carbonyl (C=O) groups excluding carboxylic acids is 2. The molecule has 22 heavy (non-hydrogen) atoms. The average Bonchev–Trinajstić information content (AvgIpc) is 3.28. The van der Waals surface area contributed by atoms with Gasteiger partial charge in [0.05, 0.1) is 0 Å². The smallest absolute Gasteiger partial charge is 0.318 e. The SMILES string of the molecule is CC(NC(=O)N(Cc1cccc(O)c1)C1CC1)C(=O)N(C)C. The van der Waals surface area contributed by atoms with Crippen molar-refractivity contribution >= 4 is 11.9 Å². The second-order valence-electron chi connectivity index (χ2n) is 5.93. The van der Waals surface area contributed by atoms with Crippen molar-refractivity contribution in [3.05, 3.63) is 29.8 Å². The van der Waals surface area contributed by atoms with Crippen LogP contribution in [0.1, 0.15) is 25.3 Å². The first-order valence-electron chi connectivity index (χ1n) is 7.44. The van der Waals surface area contributed by atoms with Crippen molar-refractivity contribution in [2.75, 3.05) is 14.1 Å². The highest BCUT2D eigenvalue weighted by Crippen LogP contribution is 2.29. The van der Waals surface area contributed by atoms with Crippen LogP contribution in [0.4, 0.5) is 4.79 Å². The number of nitrogens with one attached hydrogen (secondary N) is 1. The number of amides is 3. The molecule has 0 radical (unpaired) electrons. The van der Waals surface area contributed by atoms with Crippen molar-refractivity contribution in [3.63, 3.8) is 0 Å². The zero-order valence-electron chi connectivity index (χ0n) is 13.2. The predicted octanol–water partition coefficient (Wildman–Crippen LogP) is 1.54. The first-order chi connectivity index (χ1) is 10.4. The van der Waals surface area contributed by atoms with E-state index in [1.54, 1.807) is 44.1 Å². The average molecular weight is 305 g/mol. The molecule has 0 heterocycles. The Morgan fingerprint density at radius 2 is 2.05 bits per heavy atom. The first-order valence-corrected chi connectivity index (χ1v) is 7.44. The molecule has 1 aliphatic rings. The lowest BCUT2D eigenvalue weighted by atomic mass is 10.2. The van der Waals surface area contributed by atoms with Gasteiger partial charge in [-0.2, -0.15) is 0 Å². The van der Waals surface area contributed by atoms with E-state index < -0.39 is 6.04 Å². The zero-order chi connectivity index (χ0) is 16.3. The molecule has 3 amide bonds. The maximum absolute atomic E-state index is 12.4. The minimum atomic E-state index is -0.562. The summed E-state index contributed by atoms with van der Waals surface area (Å²) >= 11 is 0. The van der Waals surface area contributed by atoms with E-state index in [9.17, 15) is 14.7 Å². The summed E-state index contributed by atoms with van der Waals surface area (Å²) < 4.78 is 0. The number of hydrogen-bond acceptors (Lipinski definition) is 3. The van der Waals surface area contributed by atoms with Gasteiger partial charge in [-0.1, -0.05) is 12.1 Å². The van der Waals surface area contributed by atoms with Crippen molar-refractivity contribution in [1.82, 2.24) is 15.1 Å². The van der Waals surface area contributed by atoms with E-state index in [4.69, 9.17) is 0 Å². The molecule has 1 aromatic rings. The molecule has 1 aromatic carbocycles. The molecule has 1 aliphatic carbocycles. The van der Waals surface area contributed by atoms with Gasteiger partial charge >= 0.3 is 6.03 Å². The Balaban J connectivity index is 2.02. The molecule has 0 aromatic heterocycles. The van der Waals surface area contributed by atoms with Crippen LogP contribution in [0.2, 0.25) is 0 Å². The van der Waals surface area contributed by atoms with Crippen LogP contribution in [-0.4, -0.2) is 53.0 Å². The maximum Gasteiger partial charge on any atom is 0.318 e. The molecule has 120 valence electrons. The van der Waals surface area contributed by atoms with Gasteiger partial charge in [0.1, 0.15) is 11.8 Å². The van der Waals surface area contributed by atoms with Crippen molar-refractivity contribution in [2.24, 2.45) is 0 Å². The van der Waals surface area contributed by atoms with Gasteiger partial charge in [-0.15, -0.1) is 0 Å². The summed E-state index contributed by atoms with van der Waals surface area (Å²) in [5, 5.41) is 12.3. The van der Waals surface area contributed by atoms with Crippen LogP contribution in [0.25, 0.3) is 0 Å². The number of aromatic hydroxyl groups is 1. The highest BCUT2D eigenvalue weighted by atomic mass is 16.3. The van der Waals surface area contributed by atoms with Gasteiger partial charge in [-0.05, 0) is 37.5 Å². The third-order valence-corrected chi connectivity index (χ3v) is 3.66. The van der Waals surface area contributed by atoms with Gasteiger partial charge in [0.15, 0.2) is 0 Å². The van der Waals surface area contributed by atoms with Crippen LogP contribution in [0.3, 0.4) is 0 Å². The minimum Gasteiger partial charge on any atom is -0.508 e. The van der Waals surface area contributed by atoms with Crippen molar-refractivity contribution in [2.45, 2.75) is 38.4 Å². The topological polar surface area (TPSA) is 72.9 Å². The number of likely N-dealkylation sites (N-methyl/N-ethyl adjacent to an activating group) is 1. The van der Waals surface area contributed by atoms with E-state index in [1.165, 1.54) is 4.90 Å². The number of urea groups is 1. The summed E-state index contributed by atoms with van der Waals surface area (Å²) in [6, 6.07) is 6.29. The number of benzene rings is 1. The van der Waals surface area contributed by atoms with Crippen molar-refractivity contribution in [3.8, 4) is 5.75 Å². The fraction of sp³-hybridized carbons (Fsp3) is 0.500. The number of carbonyl (C=O) groups is 2. The molecule has 1 atom stereocenters. The Hall–Kier alpha value is -2.24. The van der Waals surface area contributed by atoms with Gasteiger partial charge in [0.25, 0.3) is 0 Å². The lowest BCUT2D eigenvalue weighted by Gasteiger charge is -2.26. The molecule has 1 saturated carbocycles. The van der Waals surface area contributed by atoms with E-state index in [0.717, 1.165) is 18.4 Å². The van der Waals surface area contributed by atoms with Gasteiger partial charge in [-0.3, -0.25) is 4.79 Å². The van der Waals surface area contributed by atoms with Gasteiger partial charge < -0.3 is 20.2 Å². The summed E-state index contributed by atoms with van der Waals surface area (Å²) in [4.78, 5) is 27.5. The number of hydrogen-bond donors (Lipinski definition) is 2. The molecule has 0 bridgehead atoms. The van der Waals surface area contributed by atoms with E-state index in [2.05, 4.69) is 5.32 Å². The van der Waals surface area contributed by atoms with Crippen LogP contribution >= 0.6 is 0 Å². The summed E-state index contributed by atoms with van der Waals surface area (Å²) in [6.45, 7) is 2.10. The van der Waals surface area contributed by atoms with Gasteiger partial charge in [-0.25, -0.2) is 4.79 Å². The molecule has 2 rings (SSSR count). The molecule has 0 aliphatic heterocycles. The van der Waals surface area contributed by atoms with E-state index >= 15 is 0 Å². The van der Waals surface area contributed by atoms with Crippen LogP contribution in [-0.2, 0) is 11.3 Å². The Kier molecular flexibility index (Phi) is 4.90. The molecular weight excluding hydrogens is 282 g/mol. The molecule has 0 saturated heterocycles. The van der Waals surface area contributed by atoms with Gasteiger partial charge in [0, 0.05) is 26.7 Å². The van der Waals surface area contributed by atoms with Crippen LogP contribution in [0.15, 0.2) is 24.3 Å². The molecule has 1 unspecified atom stereocenters. The lowest BCUT2D eigenvalue weighted by Crippen LogP contribution is -2.49. The van der Waals surface area contributed by atoms with Crippen LogP contribution < -0.4 is 5.32 Å². The highest BCUT2D eigenvalue weighted by molar-refractivity contribution is 5.86. The molecule has 6 heteroatoms. The van der Waals surface area contributed by atoms with Crippen LogP contribution in [0.5, 0.6) is 5.75 Å². The van der Waals surface area contributed by atoms with E-state index in [1.807, 2.05) is 6.07 Å². The number of nitrogens with zero attached hydrogens (tertiary/aromatic N) is 2. The Bertz CT molecular complexity index is 555. The minimum absolute atomic E-state index is 0.138. The monoisotopic (exact) mass is 305 g/mol. The van der Waals surface area contributed by atoms with E-state index in [0.29, 0.717) is 6.54 Å². The highest BCUT2D eigenvalue weighted by Gasteiger charge is 2.33. The predicted molar refractivity (Wildman–Crippen MR) is 83.4 cm³/mol. The number of rotatable bonds is 5. The van der Waals surface area contributed by atoms with Crippen molar-refractivity contribution < 1.29 is 14.7 Å². The quantitative estimate of drug-likeness (QED) is 0.867. The summed E-state index contributed by atoms with van der Waals surface area (Å²) in [5.74, 6) is 0.0475. The second kappa shape index (κ2) is 6.68.